The molecule has 0 atom stereocenters. The second kappa shape index (κ2) is 6.96. The van der Waals surface area contributed by atoms with Crippen LogP contribution >= 0.6 is 23.2 Å². The van der Waals surface area contributed by atoms with E-state index in [2.05, 4.69) is 16.2 Å². The van der Waals surface area contributed by atoms with Gasteiger partial charge in [0.2, 0.25) is 5.91 Å². The van der Waals surface area contributed by atoms with Crippen LogP contribution in [-0.4, -0.2) is 24.3 Å². The molecule has 0 aliphatic carbocycles. The van der Waals surface area contributed by atoms with E-state index in [1.54, 1.807) is 0 Å². The van der Waals surface area contributed by atoms with E-state index in [9.17, 15) is 14.4 Å². The summed E-state index contributed by atoms with van der Waals surface area (Å²) in [6.07, 6.45) is 0. The van der Waals surface area contributed by atoms with Crippen LogP contribution in [0, 0.1) is 0 Å². The number of hydrogen-bond acceptors (Lipinski definition) is 3. The zero-order valence-corrected chi connectivity index (χ0v) is 11.4. The van der Waals surface area contributed by atoms with E-state index in [0.717, 1.165) is 0 Å². The fourth-order valence-corrected chi connectivity index (χ4v) is 1.63. The Kier molecular flexibility index (Phi) is 5.59. The van der Waals surface area contributed by atoms with Gasteiger partial charge in [-0.05, 0) is 18.2 Å². The van der Waals surface area contributed by atoms with Crippen LogP contribution in [0.1, 0.15) is 17.3 Å². The van der Waals surface area contributed by atoms with E-state index in [0.29, 0.717) is 5.02 Å². The van der Waals surface area contributed by atoms with E-state index >= 15 is 0 Å². The van der Waals surface area contributed by atoms with Crippen molar-refractivity contribution in [3.05, 3.63) is 33.8 Å². The average molecular weight is 304 g/mol. The maximum absolute atomic E-state index is 11.7. The fourth-order valence-electron chi connectivity index (χ4n) is 1.13. The smallest absolute Gasteiger partial charge is 0.257 e. The summed E-state index contributed by atoms with van der Waals surface area (Å²) in [6, 6.07) is 4.39. The predicted octanol–water partition coefficient (Wildman–Crippen LogP) is 0.891. The van der Waals surface area contributed by atoms with E-state index in [-0.39, 0.29) is 17.1 Å². The number of hydrogen-bond donors (Lipinski definition) is 3. The molecule has 0 saturated carbocycles. The van der Waals surface area contributed by atoms with Crippen molar-refractivity contribution in [2.75, 3.05) is 6.54 Å². The minimum absolute atomic E-state index is 0.187. The summed E-state index contributed by atoms with van der Waals surface area (Å²) >= 11 is 11.5. The van der Waals surface area contributed by atoms with Gasteiger partial charge in [0, 0.05) is 11.9 Å². The van der Waals surface area contributed by atoms with Crippen LogP contribution in [0.25, 0.3) is 0 Å². The van der Waals surface area contributed by atoms with Crippen molar-refractivity contribution >= 4 is 40.9 Å². The lowest BCUT2D eigenvalue weighted by Gasteiger charge is -2.08. The lowest BCUT2D eigenvalue weighted by Crippen LogP contribution is -2.45. The summed E-state index contributed by atoms with van der Waals surface area (Å²) in [4.78, 5) is 33.5. The molecule has 19 heavy (non-hydrogen) atoms. The van der Waals surface area contributed by atoms with Crippen molar-refractivity contribution in [3.63, 3.8) is 0 Å². The highest BCUT2D eigenvalue weighted by Crippen LogP contribution is 2.20. The molecule has 0 bridgehead atoms. The van der Waals surface area contributed by atoms with Crippen LogP contribution in [0.2, 0.25) is 10.0 Å². The van der Waals surface area contributed by atoms with Gasteiger partial charge in [-0.2, -0.15) is 0 Å². The molecule has 3 N–H and O–H groups in total. The quantitative estimate of drug-likeness (QED) is 0.725. The molecule has 0 radical (unpaired) electrons. The topological polar surface area (TPSA) is 87.3 Å². The van der Waals surface area contributed by atoms with Crippen molar-refractivity contribution in [1.82, 2.24) is 16.2 Å². The lowest BCUT2D eigenvalue weighted by molar-refractivity contribution is -0.127. The maximum Gasteiger partial charge on any atom is 0.257 e. The number of nitrogens with one attached hydrogen (secondary N) is 3. The van der Waals surface area contributed by atoms with Gasteiger partial charge in [-0.3, -0.25) is 25.2 Å². The Morgan fingerprint density at radius 3 is 2.42 bits per heavy atom. The van der Waals surface area contributed by atoms with Crippen molar-refractivity contribution in [1.29, 1.82) is 0 Å². The molecule has 0 aliphatic heterocycles. The molecule has 1 rings (SSSR count). The van der Waals surface area contributed by atoms with Crippen LogP contribution in [-0.2, 0) is 9.59 Å². The molecule has 8 heteroatoms. The summed E-state index contributed by atoms with van der Waals surface area (Å²) in [5, 5.41) is 2.95. The molecule has 3 amide bonds. The van der Waals surface area contributed by atoms with Gasteiger partial charge in [0.25, 0.3) is 11.8 Å². The van der Waals surface area contributed by atoms with Crippen LogP contribution in [0.4, 0.5) is 0 Å². The van der Waals surface area contributed by atoms with E-state index in [1.807, 2.05) is 0 Å². The molecular formula is C11H11Cl2N3O3. The molecule has 1 aromatic carbocycles. The van der Waals surface area contributed by atoms with Gasteiger partial charge in [0.1, 0.15) is 0 Å². The lowest BCUT2D eigenvalue weighted by atomic mass is 10.2. The Bertz CT molecular complexity index is 520. The number of benzene rings is 1. The highest BCUT2D eigenvalue weighted by atomic mass is 35.5. The first-order chi connectivity index (χ1) is 8.90. The minimum Gasteiger partial charge on any atom is -0.343 e. The van der Waals surface area contributed by atoms with Crippen LogP contribution in [0.15, 0.2) is 18.2 Å². The average Bonchev–Trinajstić information content (AvgIpc) is 2.33. The van der Waals surface area contributed by atoms with Gasteiger partial charge in [-0.15, -0.1) is 0 Å². The molecule has 102 valence electrons. The molecule has 0 spiro atoms. The number of rotatable bonds is 3. The first kappa shape index (κ1) is 15.3. The van der Waals surface area contributed by atoms with Crippen LogP contribution < -0.4 is 16.2 Å². The summed E-state index contributed by atoms with van der Waals surface area (Å²) < 4.78 is 0. The highest BCUT2D eigenvalue weighted by molar-refractivity contribution is 6.36. The van der Waals surface area contributed by atoms with E-state index in [1.165, 1.54) is 25.1 Å². The number of halogens is 2. The van der Waals surface area contributed by atoms with Gasteiger partial charge < -0.3 is 5.32 Å². The van der Waals surface area contributed by atoms with Crippen molar-refractivity contribution < 1.29 is 14.4 Å². The number of hydrazine groups is 1. The standard InChI is InChI=1S/C11H11Cl2N3O3/c1-6(17)15-16-10(18)5-14-11(19)8-3-2-7(12)4-9(8)13/h2-4H,5H2,1H3,(H,14,19)(H,15,17)(H,16,18). The highest BCUT2D eigenvalue weighted by Gasteiger charge is 2.11. The molecule has 0 heterocycles. The molecule has 6 nitrogen and oxygen atoms in total. The molecular weight excluding hydrogens is 293 g/mol. The molecule has 1 aromatic rings. The third-order valence-electron chi connectivity index (χ3n) is 1.96. The summed E-state index contributed by atoms with van der Waals surface area (Å²) in [5.74, 6) is -1.49. The monoisotopic (exact) mass is 303 g/mol. The van der Waals surface area contributed by atoms with Gasteiger partial charge in [-0.1, -0.05) is 23.2 Å². The summed E-state index contributed by atoms with van der Waals surface area (Å²) in [7, 11) is 0. The van der Waals surface area contributed by atoms with Crippen LogP contribution in [0.3, 0.4) is 0 Å². The largest absolute Gasteiger partial charge is 0.343 e. The summed E-state index contributed by atoms with van der Waals surface area (Å²) in [6.45, 7) is 0.949. The van der Waals surface area contributed by atoms with E-state index < -0.39 is 17.7 Å². The maximum atomic E-state index is 11.7. The normalized spacial score (nSPS) is 9.63. The number of carbonyl (C=O) groups is 3. The number of carbonyl (C=O) groups excluding carboxylic acids is 3. The van der Waals surface area contributed by atoms with E-state index in [4.69, 9.17) is 23.2 Å². The second-order valence-corrected chi connectivity index (χ2v) is 4.38. The van der Waals surface area contributed by atoms with Gasteiger partial charge in [-0.25, -0.2) is 0 Å². The first-order valence-electron chi connectivity index (χ1n) is 5.19. The minimum atomic E-state index is -0.561. The SMILES string of the molecule is CC(=O)NNC(=O)CNC(=O)c1ccc(Cl)cc1Cl. The third kappa shape index (κ3) is 5.15. The zero-order valence-electron chi connectivity index (χ0n) is 9.92. The van der Waals surface area contributed by atoms with Gasteiger partial charge in [0.05, 0.1) is 17.1 Å². The Hall–Kier alpha value is -1.79. The second-order valence-electron chi connectivity index (χ2n) is 3.54. The van der Waals surface area contributed by atoms with Crippen molar-refractivity contribution in [2.45, 2.75) is 6.92 Å². The summed E-state index contributed by atoms with van der Waals surface area (Å²) in [5.41, 5.74) is 4.41. The Labute approximate surface area is 119 Å². The molecule has 0 aromatic heterocycles. The predicted molar refractivity (Wildman–Crippen MR) is 70.8 cm³/mol. The zero-order chi connectivity index (χ0) is 14.4. The Morgan fingerprint density at radius 1 is 1.16 bits per heavy atom. The Morgan fingerprint density at radius 2 is 1.84 bits per heavy atom. The molecule has 0 fully saturated rings. The fraction of sp³-hybridized carbons (Fsp3) is 0.182. The van der Waals surface area contributed by atoms with Crippen molar-refractivity contribution in [3.8, 4) is 0 Å². The Balaban J connectivity index is 2.51. The first-order valence-corrected chi connectivity index (χ1v) is 5.94. The molecule has 0 saturated heterocycles. The number of amides is 3. The van der Waals surface area contributed by atoms with Gasteiger partial charge >= 0.3 is 0 Å². The molecule has 0 unspecified atom stereocenters. The van der Waals surface area contributed by atoms with Gasteiger partial charge in [0.15, 0.2) is 0 Å². The van der Waals surface area contributed by atoms with Crippen LogP contribution in [0.5, 0.6) is 0 Å². The molecule has 0 aliphatic rings. The van der Waals surface area contributed by atoms with Crippen molar-refractivity contribution in [2.24, 2.45) is 0 Å². The third-order valence-corrected chi connectivity index (χ3v) is 2.51.